The molecule has 0 aromatic carbocycles. The Hall–Kier alpha value is -0.270. The lowest BCUT2D eigenvalue weighted by Gasteiger charge is -1.66. The Kier molecular flexibility index (Phi) is 3.75. The molecule has 0 aliphatic rings. The van der Waals surface area contributed by atoms with Gasteiger partial charge in [-0.15, -0.1) is 0 Å². The van der Waals surface area contributed by atoms with Crippen LogP contribution in [0.25, 0.3) is 0 Å². The molecule has 1 N–H and O–H groups in total. The molecule has 0 heterocycles. The monoisotopic (exact) mass is 121 g/mol. The number of carbonyl (C=O) groups excluding carboxylic acids is 1. The molecule has 0 saturated carbocycles. The van der Waals surface area contributed by atoms with Gasteiger partial charge in [-0.25, -0.2) is 0 Å². The molecular weight excluding hydrogens is 115 g/mol. The second-order valence-corrected chi connectivity index (χ2v) is 2.18. The molecule has 0 radical (unpaired) electrons. The Labute approximate surface area is 42.2 Å². The maximum atomic E-state index is 9.75. The summed E-state index contributed by atoms with van der Waals surface area (Å²) in [6, 6.07) is 0. The normalized spacial score (nSPS) is 10.7. The molecule has 0 aliphatic heterocycles. The molecule has 0 saturated heterocycles. The first-order valence-electron chi connectivity index (χ1n) is 1.84. The minimum absolute atomic E-state index is 0.0961. The zero-order chi connectivity index (χ0) is 5.70. The van der Waals surface area contributed by atoms with Crippen molar-refractivity contribution in [1.82, 2.24) is 0 Å². The van der Waals surface area contributed by atoms with Crippen molar-refractivity contribution < 1.29 is 14.3 Å². The Bertz CT molecular complexity index is 80.2. The van der Waals surface area contributed by atoms with E-state index < -0.39 is 8.03 Å². The second kappa shape index (κ2) is 3.90. The molecule has 40 valence electrons. The van der Waals surface area contributed by atoms with E-state index in [1.165, 1.54) is 0 Å². The van der Waals surface area contributed by atoms with Gasteiger partial charge >= 0.3 is 8.03 Å². The van der Waals surface area contributed by atoms with Crippen molar-refractivity contribution in [3.63, 3.8) is 0 Å². The summed E-state index contributed by atoms with van der Waals surface area (Å²) in [4.78, 5) is 17.5. The molecule has 0 aliphatic carbocycles. The first kappa shape index (κ1) is 6.73. The fourth-order valence-corrected chi connectivity index (χ4v) is 0.489. The van der Waals surface area contributed by atoms with Gasteiger partial charge in [-0.2, -0.15) is 4.89 Å². The van der Waals surface area contributed by atoms with E-state index in [1.54, 1.807) is 0 Å². The summed E-state index contributed by atoms with van der Waals surface area (Å²) in [6.07, 6.45) is 0.911. The quantitative estimate of drug-likeness (QED) is 0.431. The van der Waals surface area contributed by atoms with Crippen molar-refractivity contribution in [3.8, 4) is 0 Å². The van der Waals surface area contributed by atoms with Crippen LogP contribution in [0.5, 0.6) is 0 Å². The molecule has 7 heavy (non-hydrogen) atoms. The van der Waals surface area contributed by atoms with Crippen molar-refractivity contribution in [2.45, 2.75) is 6.42 Å². The topological polar surface area (TPSA) is 54.4 Å². The molecule has 0 aromatic heterocycles. The fraction of sp³-hybridized carbons (Fsp3) is 0.667. The summed E-state index contributed by atoms with van der Waals surface area (Å²) in [5.41, 5.74) is 0. The van der Waals surface area contributed by atoms with Gasteiger partial charge < -0.3 is 4.79 Å². The molecule has 3 nitrogen and oxygen atoms in total. The lowest BCUT2D eigenvalue weighted by atomic mass is 10.6. The Balaban J connectivity index is 2.97. The summed E-state index contributed by atoms with van der Waals surface area (Å²) < 4.78 is 9.75. The molecule has 4 heteroatoms. The van der Waals surface area contributed by atoms with Crippen LogP contribution in [0.4, 0.5) is 0 Å². The van der Waals surface area contributed by atoms with Crippen LogP contribution < -0.4 is 0 Å². The summed E-state index contributed by atoms with van der Waals surface area (Å²) in [7, 11) is -2.09. The summed E-state index contributed by atoms with van der Waals surface area (Å²) in [6.45, 7) is 0. The van der Waals surface area contributed by atoms with E-state index in [0.717, 1.165) is 0 Å². The molecule has 1 atom stereocenters. The van der Waals surface area contributed by atoms with Gasteiger partial charge in [-0.3, -0.25) is 0 Å². The zero-order valence-electron chi connectivity index (χ0n) is 3.70. The number of aldehydes is 1. The molecule has 0 fully saturated rings. The molecule has 0 amide bonds. The largest absolute Gasteiger partial charge is 0.505 e. The smallest absolute Gasteiger partial charge is 0.303 e. The molecule has 1 unspecified atom stereocenters. The van der Waals surface area contributed by atoms with E-state index >= 15 is 0 Å². The van der Waals surface area contributed by atoms with Gasteiger partial charge in [0, 0.05) is 0 Å². The SMILES string of the molecule is O=CCC[P+](=O)O. The summed E-state index contributed by atoms with van der Waals surface area (Å²) >= 11 is 0. The minimum Gasteiger partial charge on any atom is -0.303 e. The third kappa shape index (κ3) is 5.73. The van der Waals surface area contributed by atoms with E-state index in [-0.39, 0.29) is 12.6 Å². The van der Waals surface area contributed by atoms with Gasteiger partial charge in [-0.05, 0) is 4.57 Å². The average molecular weight is 121 g/mol. The van der Waals surface area contributed by atoms with Crippen molar-refractivity contribution in [3.05, 3.63) is 0 Å². The highest BCUT2D eigenvalue weighted by Crippen LogP contribution is 2.11. The van der Waals surface area contributed by atoms with Crippen LogP contribution in [0.3, 0.4) is 0 Å². The minimum atomic E-state index is -2.09. The van der Waals surface area contributed by atoms with Gasteiger partial charge in [0.05, 0.1) is 6.42 Å². The van der Waals surface area contributed by atoms with Crippen molar-refractivity contribution in [1.29, 1.82) is 0 Å². The van der Waals surface area contributed by atoms with Gasteiger partial charge in [0.25, 0.3) is 0 Å². The van der Waals surface area contributed by atoms with Crippen LogP contribution in [0.2, 0.25) is 0 Å². The third-order valence-electron chi connectivity index (χ3n) is 0.438. The molecule has 0 spiro atoms. The van der Waals surface area contributed by atoms with Crippen LogP contribution >= 0.6 is 8.03 Å². The highest BCUT2D eigenvalue weighted by molar-refractivity contribution is 7.38. The van der Waals surface area contributed by atoms with E-state index in [1.807, 2.05) is 0 Å². The third-order valence-corrected chi connectivity index (χ3v) is 1.08. The van der Waals surface area contributed by atoms with E-state index in [2.05, 4.69) is 0 Å². The number of hydrogen-bond donors (Lipinski definition) is 1. The van der Waals surface area contributed by atoms with Gasteiger partial charge in [0.15, 0.2) is 6.16 Å². The van der Waals surface area contributed by atoms with Crippen LogP contribution in [0, 0.1) is 0 Å². The standard InChI is InChI=1S/C3H5O3P/c4-2-1-3-7(5)6/h2H,1,3H2/p+1. The Morgan fingerprint density at radius 3 is 2.43 bits per heavy atom. The van der Waals surface area contributed by atoms with Crippen molar-refractivity contribution >= 4 is 14.3 Å². The van der Waals surface area contributed by atoms with Crippen LogP contribution in [-0.4, -0.2) is 17.3 Å². The lowest BCUT2D eigenvalue weighted by Crippen LogP contribution is -1.76. The van der Waals surface area contributed by atoms with Crippen LogP contribution in [-0.2, 0) is 9.36 Å². The summed E-state index contributed by atoms with van der Waals surface area (Å²) in [5.74, 6) is 0. The molecular formula is C3H6O3P+. The predicted octanol–water partition coefficient (Wildman–Crippen LogP) is 0.310. The maximum Gasteiger partial charge on any atom is 0.505 e. The number of rotatable bonds is 3. The van der Waals surface area contributed by atoms with Crippen molar-refractivity contribution in [2.75, 3.05) is 6.16 Å². The molecule has 0 aromatic rings. The van der Waals surface area contributed by atoms with Crippen LogP contribution in [0.1, 0.15) is 6.42 Å². The highest BCUT2D eigenvalue weighted by atomic mass is 31.1. The Morgan fingerprint density at radius 2 is 2.29 bits per heavy atom. The van der Waals surface area contributed by atoms with Crippen LogP contribution in [0.15, 0.2) is 0 Å². The molecule has 0 bridgehead atoms. The lowest BCUT2D eigenvalue weighted by molar-refractivity contribution is -0.107. The second-order valence-electron chi connectivity index (χ2n) is 1.03. The fourth-order valence-electron chi connectivity index (χ4n) is 0.163. The first-order valence-corrected chi connectivity index (χ1v) is 3.24. The van der Waals surface area contributed by atoms with E-state index in [0.29, 0.717) is 6.29 Å². The van der Waals surface area contributed by atoms with Gasteiger partial charge in [-0.1, -0.05) is 0 Å². The Morgan fingerprint density at radius 1 is 1.71 bits per heavy atom. The number of carbonyl (C=O) groups is 1. The summed E-state index contributed by atoms with van der Waals surface area (Å²) in [5, 5.41) is 0. The van der Waals surface area contributed by atoms with E-state index in [4.69, 9.17) is 4.89 Å². The van der Waals surface area contributed by atoms with Crippen molar-refractivity contribution in [2.24, 2.45) is 0 Å². The zero-order valence-corrected chi connectivity index (χ0v) is 4.60. The highest BCUT2D eigenvalue weighted by Gasteiger charge is 2.06. The van der Waals surface area contributed by atoms with Gasteiger partial charge in [0.1, 0.15) is 6.29 Å². The van der Waals surface area contributed by atoms with Gasteiger partial charge in [0.2, 0.25) is 0 Å². The first-order chi connectivity index (χ1) is 3.27. The average Bonchev–Trinajstić information content (AvgIpc) is 1.61. The number of hydrogen-bond acceptors (Lipinski definition) is 2. The molecule has 0 rings (SSSR count). The predicted molar refractivity (Wildman–Crippen MR) is 25.4 cm³/mol. The van der Waals surface area contributed by atoms with E-state index in [9.17, 15) is 9.36 Å². The maximum absolute atomic E-state index is 9.75.